The number of aromatic nitrogens is 1. The van der Waals surface area contributed by atoms with Gasteiger partial charge >= 0.3 is 0 Å². The molecule has 88 valence electrons. The topological polar surface area (TPSA) is 48.3 Å². The molecule has 1 heterocycles. The lowest BCUT2D eigenvalue weighted by Gasteiger charge is -2.17. The lowest BCUT2D eigenvalue weighted by atomic mass is 10.3. The van der Waals surface area contributed by atoms with Crippen LogP contribution in [-0.2, 0) is 11.4 Å². The highest BCUT2D eigenvalue weighted by Gasteiger charge is 2.25. The minimum Gasteiger partial charge on any atom is -0.591 e. The molecule has 0 aliphatic rings. The summed E-state index contributed by atoms with van der Waals surface area (Å²) in [6.07, 6.45) is 2.60. The largest absolute Gasteiger partial charge is 0.591 e. The van der Waals surface area contributed by atoms with E-state index >= 15 is 0 Å². The SMILES string of the molecule is CC(C)(C)[S@@+]([O-])/N=C/c1cc(Br)cnc1F. The molecule has 0 saturated carbocycles. The van der Waals surface area contributed by atoms with Gasteiger partial charge in [-0.1, -0.05) is 4.40 Å². The third kappa shape index (κ3) is 3.84. The van der Waals surface area contributed by atoms with Crippen molar-refractivity contribution in [2.45, 2.75) is 25.5 Å². The van der Waals surface area contributed by atoms with E-state index in [0.717, 1.165) is 0 Å². The lowest BCUT2D eigenvalue weighted by molar-refractivity contribution is 0.561. The number of nitrogens with zero attached hydrogens (tertiary/aromatic N) is 2. The molecular formula is C10H12BrFN2OS. The van der Waals surface area contributed by atoms with Crippen LogP contribution in [0.15, 0.2) is 21.1 Å². The highest BCUT2D eigenvalue weighted by molar-refractivity contribution is 9.10. The molecule has 1 rings (SSSR count). The summed E-state index contributed by atoms with van der Waals surface area (Å²) >= 11 is 1.78. The van der Waals surface area contributed by atoms with Gasteiger partial charge in [0.1, 0.15) is 16.1 Å². The summed E-state index contributed by atoms with van der Waals surface area (Å²) in [6.45, 7) is 5.40. The van der Waals surface area contributed by atoms with E-state index in [1.54, 1.807) is 20.8 Å². The van der Waals surface area contributed by atoms with E-state index in [9.17, 15) is 8.94 Å². The van der Waals surface area contributed by atoms with Gasteiger partial charge in [0.15, 0.2) is 0 Å². The summed E-state index contributed by atoms with van der Waals surface area (Å²) in [5.41, 5.74) is 0.215. The molecule has 16 heavy (non-hydrogen) atoms. The first-order chi connectivity index (χ1) is 7.30. The summed E-state index contributed by atoms with van der Waals surface area (Å²) in [5, 5.41) is 0. The van der Waals surface area contributed by atoms with Crippen LogP contribution in [0.25, 0.3) is 0 Å². The average molecular weight is 307 g/mol. The highest BCUT2D eigenvalue weighted by atomic mass is 79.9. The van der Waals surface area contributed by atoms with Gasteiger partial charge in [-0.3, -0.25) is 0 Å². The van der Waals surface area contributed by atoms with Crippen molar-refractivity contribution in [3.63, 3.8) is 0 Å². The van der Waals surface area contributed by atoms with Gasteiger partial charge in [0.05, 0.1) is 11.8 Å². The Balaban J connectivity index is 2.88. The second-order valence-corrected chi connectivity index (χ2v) is 6.98. The van der Waals surface area contributed by atoms with Crippen LogP contribution in [0.1, 0.15) is 26.3 Å². The number of hydrogen-bond donors (Lipinski definition) is 0. The van der Waals surface area contributed by atoms with Crippen molar-refractivity contribution in [1.82, 2.24) is 4.98 Å². The molecule has 0 aromatic carbocycles. The zero-order chi connectivity index (χ0) is 12.3. The van der Waals surface area contributed by atoms with Crippen molar-refractivity contribution in [3.05, 3.63) is 28.2 Å². The molecule has 0 unspecified atom stereocenters. The third-order valence-electron chi connectivity index (χ3n) is 1.64. The van der Waals surface area contributed by atoms with E-state index in [4.69, 9.17) is 0 Å². The fourth-order valence-corrected chi connectivity index (χ4v) is 1.67. The molecule has 1 aromatic rings. The normalized spacial score (nSPS) is 14.4. The summed E-state index contributed by atoms with van der Waals surface area (Å²) < 4.78 is 28.8. The van der Waals surface area contributed by atoms with E-state index in [1.165, 1.54) is 18.5 Å². The van der Waals surface area contributed by atoms with Gasteiger partial charge in [0, 0.05) is 10.7 Å². The molecule has 0 radical (unpaired) electrons. The number of hydrogen-bond acceptors (Lipinski definition) is 3. The van der Waals surface area contributed by atoms with Crippen molar-refractivity contribution >= 4 is 33.5 Å². The molecule has 0 N–H and O–H groups in total. The smallest absolute Gasteiger partial charge is 0.221 e. The first kappa shape index (κ1) is 13.6. The molecule has 0 bridgehead atoms. The summed E-state index contributed by atoms with van der Waals surface area (Å²) in [6, 6.07) is 1.53. The maximum absolute atomic E-state index is 13.2. The van der Waals surface area contributed by atoms with Crippen LogP contribution in [0.4, 0.5) is 4.39 Å². The van der Waals surface area contributed by atoms with Gasteiger partial charge in [-0.2, -0.15) is 4.39 Å². The van der Waals surface area contributed by atoms with E-state index < -0.39 is 22.1 Å². The Labute approximate surface area is 106 Å². The van der Waals surface area contributed by atoms with Crippen molar-refractivity contribution < 1.29 is 8.94 Å². The second-order valence-electron chi connectivity index (χ2n) is 4.13. The monoisotopic (exact) mass is 306 g/mol. The van der Waals surface area contributed by atoms with Crippen LogP contribution in [0.5, 0.6) is 0 Å². The molecule has 1 atom stereocenters. The average Bonchev–Trinajstić information content (AvgIpc) is 2.17. The van der Waals surface area contributed by atoms with E-state index in [-0.39, 0.29) is 5.56 Å². The van der Waals surface area contributed by atoms with Crippen molar-refractivity contribution in [2.24, 2.45) is 4.40 Å². The fourth-order valence-electron chi connectivity index (χ4n) is 0.792. The molecule has 0 saturated heterocycles. The van der Waals surface area contributed by atoms with Crippen LogP contribution in [0.2, 0.25) is 0 Å². The summed E-state index contributed by atoms with van der Waals surface area (Å²) in [5.74, 6) is -0.627. The molecule has 0 spiro atoms. The maximum atomic E-state index is 13.2. The standard InChI is InChI=1S/C10H12BrFN2OS/c1-10(2,3)16(15)14-5-7-4-8(11)6-13-9(7)12/h4-6H,1-3H3/b14-5+/t16-/m1/s1. The van der Waals surface area contributed by atoms with Gasteiger partial charge in [-0.05, 0) is 42.8 Å². The van der Waals surface area contributed by atoms with Crippen LogP contribution in [0, 0.1) is 5.95 Å². The Bertz CT molecular complexity index is 406. The highest BCUT2D eigenvalue weighted by Crippen LogP contribution is 2.17. The molecule has 0 amide bonds. The first-order valence-electron chi connectivity index (χ1n) is 4.58. The number of rotatable bonds is 2. The zero-order valence-electron chi connectivity index (χ0n) is 9.20. The quantitative estimate of drug-likeness (QED) is 0.479. The van der Waals surface area contributed by atoms with Gasteiger partial charge in [0.25, 0.3) is 0 Å². The molecule has 0 fully saturated rings. The van der Waals surface area contributed by atoms with Crippen molar-refractivity contribution in [2.75, 3.05) is 0 Å². The third-order valence-corrected chi connectivity index (χ3v) is 3.42. The van der Waals surface area contributed by atoms with Crippen molar-refractivity contribution in [3.8, 4) is 0 Å². The fraction of sp³-hybridized carbons (Fsp3) is 0.400. The lowest BCUT2D eigenvalue weighted by Crippen LogP contribution is -2.25. The Morgan fingerprint density at radius 3 is 2.75 bits per heavy atom. The molecule has 6 heteroatoms. The van der Waals surface area contributed by atoms with E-state index in [2.05, 4.69) is 25.3 Å². The molecule has 0 aliphatic heterocycles. The van der Waals surface area contributed by atoms with Crippen LogP contribution >= 0.6 is 15.9 Å². The molecule has 0 aliphatic carbocycles. The zero-order valence-corrected chi connectivity index (χ0v) is 11.6. The molecule has 1 aromatic heterocycles. The van der Waals surface area contributed by atoms with Gasteiger partial charge < -0.3 is 4.55 Å². The predicted octanol–water partition coefficient (Wildman–Crippen LogP) is 2.86. The Hall–Kier alpha value is -0.460. The van der Waals surface area contributed by atoms with Crippen LogP contribution < -0.4 is 0 Å². The Morgan fingerprint density at radius 2 is 2.19 bits per heavy atom. The van der Waals surface area contributed by atoms with Gasteiger partial charge in [-0.25, -0.2) is 4.98 Å². The minimum absolute atomic E-state index is 0.215. The van der Waals surface area contributed by atoms with Gasteiger partial charge in [-0.15, -0.1) is 0 Å². The van der Waals surface area contributed by atoms with E-state index in [0.29, 0.717) is 4.47 Å². The van der Waals surface area contributed by atoms with E-state index in [1.807, 2.05) is 0 Å². The predicted molar refractivity (Wildman–Crippen MR) is 67.4 cm³/mol. The number of pyridine rings is 1. The summed E-state index contributed by atoms with van der Waals surface area (Å²) in [7, 11) is 0. The molecule has 3 nitrogen and oxygen atoms in total. The van der Waals surface area contributed by atoms with Crippen LogP contribution in [0.3, 0.4) is 0 Å². The Morgan fingerprint density at radius 1 is 1.56 bits per heavy atom. The number of halogens is 2. The Kier molecular flexibility index (Phi) is 4.46. The molecular weight excluding hydrogens is 295 g/mol. The second kappa shape index (κ2) is 5.25. The summed E-state index contributed by atoms with van der Waals surface area (Å²) in [4.78, 5) is 3.52. The van der Waals surface area contributed by atoms with Gasteiger partial charge in [0.2, 0.25) is 5.95 Å². The maximum Gasteiger partial charge on any atom is 0.221 e. The van der Waals surface area contributed by atoms with Crippen molar-refractivity contribution in [1.29, 1.82) is 0 Å². The first-order valence-corrected chi connectivity index (χ1v) is 6.48. The minimum atomic E-state index is -1.39. The van der Waals surface area contributed by atoms with Crippen LogP contribution in [-0.4, -0.2) is 20.5 Å².